The average Bonchev–Trinajstić information content (AvgIpc) is 3.34. The summed E-state index contributed by atoms with van der Waals surface area (Å²) in [5, 5.41) is 0. The zero-order valence-electron chi connectivity index (χ0n) is 17.9. The topological polar surface area (TPSA) is 56.5 Å². The Kier molecular flexibility index (Phi) is 5.06. The van der Waals surface area contributed by atoms with Gasteiger partial charge in [0.2, 0.25) is 0 Å². The van der Waals surface area contributed by atoms with Crippen LogP contribution in [0.2, 0.25) is 0 Å². The lowest BCUT2D eigenvalue weighted by atomic mass is 10.1. The van der Waals surface area contributed by atoms with Crippen molar-refractivity contribution in [2.24, 2.45) is 7.05 Å². The molecule has 0 aliphatic carbocycles. The summed E-state index contributed by atoms with van der Waals surface area (Å²) in [6.07, 6.45) is 2.84. The molecule has 3 heterocycles. The van der Waals surface area contributed by atoms with Crippen LogP contribution in [0.4, 0.5) is 5.69 Å². The fourth-order valence-electron chi connectivity index (χ4n) is 4.16. The number of rotatable bonds is 3. The van der Waals surface area contributed by atoms with Crippen LogP contribution in [-0.2, 0) is 18.3 Å². The fraction of sp³-hybridized carbons (Fsp3) is 0.208. The zero-order chi connectivity index (χ0) is 22.6. The number of ether oxygens (including phenoxy) is 1. The quantitative estimate of drug-likeness (QED) is 0.430. The van der Waals surface area contributed by atoms with Crippen molar-refractivity contribution in [3.8, 4) is 11.4 Å². The van der Waals surface area contributed by atoms with E-state index in [2.05, 4.69) is 0 Å². The van der Waals surface area contributed by atoms with Crippen molar-refractivity contribution in [1.29, 1.82) is 0 Å². The minimum Gasteiger partial charge on any atom is -0.490 e. The van der Waals surface area contributed by atoms with Crippen LogP contribution in [0.1, 0.15) is 23.7 Å². The normalized spacial score (nSPS) is 19.0. The highest BCUT2D eigenvalue weighted by molar-refractivity contribution is 8.27. The Morgan fingerprint density at radius 3 is 2.66 bits per heavy atom. The second-order valence-electron chi connectivity index (χ2n) is 7.93. The molecule has 6 nitrogen and oxygen atoms in total. The van der Waals surface area contributed by atoms with Crippen LogP contribution in [0.3, 0.4) is 0 Å². The summed E-state index contributed by atoms with van der Waals surface area (Å²) >= 11 is 6.74. The maximum atomic E-state index is 13.4. The lowest BCUT2D eigenvalue weighted by Crippen LogP contribution is -2.33. The van der Waals surface area contributed by atoms with Crippen molar-refractivity contribution < 1.29 is 9.53 Å². The third-order valence-electron chi connectivity index (χ3n) is 5.76. The number of aromatic nitrogens is 2. The van der Waals surface area contributed by atoms with Gasteiger partial charge in [-0.3, -0.25) is 19.2 Å². The molecule has 0 spiro atoms. The minimum atomic E-state index is -0.281. The lowest BCUT2D eigenvalue weighted by molar-refractivity contribution is -0.113. The fourth-order valence-corrected chi connectivity index (χ4v) is 5.43. The number of thioether (sulfide) groups is 1. The van der Waals surface area contributed by atoms with Gasteiger partial charge in [0.05, 0.1) is 16.3 Å². The number of anilines is 1. The van der Waals surface area contributed by atoms with Gasteiger partial charge in [-0.2, -0.15) is 0 Å². The van der Waals surface area contributed by atoms with E-state index in [4.69, 9.17) is 17.0 Å². The molecule has 1 fully saturated rings. The number of hydrogen-bond acceptors (Lipinski definition) is 5. The smallest absolute Gasteiger partial charge is 0.296 e. The molecule has 0 radical (unpaired) electrons. The number of thiocarbonyl (C=S) groups is 1. The maximum absolute atomic E-state index is 13.4. The molecule has 0 N–H and O–H groups in total. The third kappa shape index (κ3) is 3.30. The Morgan fingerprint density at radius 2 is 1.91 bits per heavy atom. The highest BCUT2D eigenvalue weighted by Gasteiger charge is 2.37. The number of carbonyl (C=O) groups excluding carboxylic acids is 1. The molecule has 5 rings (SSSR count). The molecule has 8 heteroatoms. The minimum absolute atomic E-state index is 0.159. The highest BCUT2D eigenvalue weighted by Crippen LogP contribution is 2.37. The van der Waals surface area contributed by atoms with E-state index in [-0.39, 0.29) is 17.6 Å². The molecule has 3 aromatic rings. The molecule has 32 heavy (non-hydrogen) atoms. The van der Waals surface area contributed by atoms with Gasteiger partial charge in [0.25, 0.3) is 11.5 Å². The highest BCUT2D eigenvalue weighted by atomic mass is 32.2. The van der Waals surface area contributed by atoms with Gasteiger partial charge in [-0.15, -0.1) is 0 Å². The Balaban J connectivity index is 1.53. The first kappa shape index (κ1) is 20.8. The summed E-state index contributed by atoms with van der Waals surface area (Å²) in [7, 11) is 1.80. The zero-order valence-corrected chi connectivity index (χ0v) is 19.5. The molecule has 1 unspecified atom stereocenters. The van der Waals surface area contributed by atoms with Crippen LogP contribution in [-0.4, -0.2) is 25.7 Å². The van der Waals surface area contributed by atoms with Crippen LogP contribution in [0.25, 0.3) is 11.8 Å². The Bertz CT molecular complexity index is 1350. The van der Waals surface area contributed by atoms with Gasteiger partial charge in [-0.25, -0.2) is 4.68 Å². The Morgan fingerprint density at radius 1 is 1.16 bits per heavy atom. The third-order valence-corrected chi connectivity index (χ3v) is 7.06. The van der Waals surface area contributed by atoms with E-state index in [0.29, 0.717) is 20.6 Å². The summed E-state index contributed by atoms with van der Waals surface area (Å²) in [5.74, 6) is 0.611. The van der Waals surface area contributed by atoms with Crippen molar-refractivity contribution in [3.63, 3.8) is 0 Å². The molecule has 0 saturated carbocycles. The lowest BCUT2D eigenvalue weighted by Gasteiger charge is -2.12. The number of hydrogen-bond donors (Lipinski definition) is 0. The molecule has 2 aromatic carbocycles. The van der Waals surface area contributed by atoms with Crippen molar-refractivity contribution in [2.75, 3.05) is 4.90 Å². The standard InChI is InChI=1S/C24H21N3O3S2/c1-14-11-17-12-16(9-10-19(17)30-14)13-20-22(28)26(24(31)32-20)21-15(2)25(3)27(23(21)29)18-7-5-4-6-8-18/h4-10,12-14H,11H2,1-3H3. The molecule has 1 aromatic heterocycles. The van der Waals surface area contributed by atoms with E-state index in [0.717, 1.165) is 29.0 Å². The van der Waals surface area contributed by atoms with Gasteiger partial charge in [0.1, 0.15) is 17.5 Å². The summed E-state index contributed by atoms with van der Waals surface area (Å²) in [6, 6.07) is 15.2. The molecule has 1 amide bonds. The molecule has 0 bridgehead atoms. The van der Waals surface area contributed by atoms with E-state index in [9.17, 15) is 9.59 Å². The number of fused-ring (bicyclic) bond motifs is 1. The van der Waals surface area contributed by atoms with Crippen molar-refractivity contribution in [1.82, 2.24) is 9.36 Å². The van der Waals surface area contributed by atoms with Gasteiger partial charge < -0.3 is 4.74 Å². The van der Waals surface area contributed by atoms with Gasteiger partial charge in [-0.1, -0.05) is 48.2 Å². The molecular weight excluding hydrogens is 442 g/mol. The molecule has 162 valence electrons. The summed E-state index contributed by atoms with van der Waals surface area (Å²) in [4.78, 5) is 28.6. The number of benzene rings is 2. The van der Waals surface area contributed by atoms with Crippen molar-refractivity contribution in [3.05, 3.63) is 80.6 Å². The van der Waals surface area contributed by atoms with E-state index < -0.39 is 0 Å². The molecular formula is C24H21N3O3S2. The van der Waals surface area contributed by atoms with E-state index >= 15 is 0 Å². The van der Waals surface area contributed by atoms with Crippen LogP contribution in [0, 0.1) is 6.92 Å². The van der Waals surface area contributed by atoms with Crippen LogP contribution in [0.15, 0.2) is 58.2 Å². The van der Waals surface area contributed by atoms with Gasteiger partial charge in [-0.05, 0) is 55.3 Å². The average molecular weight is 464 g/mol. The predicted molar refractivity (Wildman–Crippen MR) is 132 cm³/mol. The van der Waals surface area contributed by atoms with Crippen LogP contribution < -0.4 is 15.2 Å². The molecule has 1 atom stereocenters. The van der Waals surface area contributed by atoms with Gasteiger partial charge in [0, 0.05) is 13.5 Å². The van der Waals surface area contributed by atoms with Gasteiger partial charge >= 0.3 is 0 Å². The number of amides is 1. The Hall–Kier alpha value is -3.10. The molecule has 1 saturated heterocycles. The first-order valence-corrected chi connectivity index (χ1v) is 11.5. The van der Waals surface area contributed by atoms with E-state index in [1.807, 2.05) is 68.5 Å². The second kappa shape index (κ2) is 7.79. The number of carbonyl (C=O) groups is 1. The van der Waals surface area contributed by atoms with Crippen molar-refractivity contribution >= 4 is 46.0 Å². The molecule has 2 aliphatic heterocycles. The maximum Gasteiger partial charge on any atom is 0.296 e. The molecule has 2 aliphatic rings. The summed E-state index contributed by atoms with van der Waals surface area (Å²) in [5.41, 5.74) is 3.45. The summed E-state index contributed by atoms with van der Waals surface area (Å²) < 4.78 is 9.41. The van der Waals surface area contributed by atoms with Gasteiger partial charge in [0.15, 0.2) is 4.32 Å². The van der Waals surface area contributed by atoms with Crippen LogP contribution >= 0.6 is 24.0 Å². The largest absolute Gasteiger partial charge is 0.490 e. The second-order valence-corrected chi connectivity index (χ2v) is 9.60. The number of nitrogens with zero attached hydrogens (tertiary/aromatic N) is 3. The van der Waals surface area contributed by atoms with Crippen molar-refractivity contribution in [2.45, 2.75) is 26.4 Å². The Labute approximate surface area is 195 Å². The SMILES string of the molecule is Cc1c(N2C(=O)C(=Cc3ccc4c(c3)CC(C)O4)SC2=S)c(=O)n(-c2ccccc2)n1C. The first-order chi connectivity index (χ1) is 15.3. The van der Waals surface area contributed by atoms with E-state index in [1.165, 1.54) is 16.7 Å². The first-order valence-electron chi connectivity index (χ1n) is 10.3. The predicted octanol–water partition coefficient (Wildman–Crippen LogP) is 4.21. The monoisotopic (exact) mass is 463 g/mol. The van der Waals surface area contributed by atoms with E-state index in [1.54, 1.807) is 16.4 Å². The summed E-state index contributed by atoms with van der Waals surface area (Å²) in [6.45, 7) is 3.86. The number of para-hydroxylation sites is 1. The van der Waals surface area contributed by atoms with Crippen LogP contribution in [0.5, 0.6) is 5.75 Å².